The number of allylic oxidation sites excluding steroid dienone is 21. The third-order valence-corrected chi connectivity index (χ3v) is 14.1. The van der Waals surface area contributed by atoms with E-state index in [0.717, 1.165) is 135 Å². The van der Waals surface area contributed by atoms with Gasteiger partial charge in [-0.15, -0.1) is 0 Å². The maximum absolute atomic E-state index is 13.5. The molecule has 1 heterocycles. The first kappa shape index (κ1) is 74.8. The Morgan fingerprint density at radius 2 is 0.951 bits per heavy atom. The van der Waals surface area contributed by atoms with E-state index < -0.39 is 67.4 Å². The lowest BCUT2D eigenvalue weighted by Crippen LogP contribution is -2.61. The second-order valence-corrected chi connectivity index (χ2v) is 21.5. The third kappa shape index (κ3) is 44.1. The van der Waals surface area contributed by atoms with Gasteiger partial charge in [0.25, 0.3) is 0 Å². The predicted octanol–water partition coefficient (Wildman–Crippen LogP) is 15.6. The Labute approximate surface area is 493 Å². The summed E-state index contributed by atoms with van der Waals surface area (Å²) in [5.74, 6) is -1.24. The minimum Gasteiger partial charge on any atom is -0.454 e. The van der Waals surface area contributed by atoms with Crippen LogP contribution in [0.2, 0.25) is 0 Å². The third-order valence-electron chi connectivity index (χ3n) is 14.1. The molecule has 0 aromatic heterocycles. The number of aliphatic hydroxyl groups is 5. The number of rotatable bonds is 52. The number of amides is 1. The molecule has 0 aromatic rings. The molecule has 1 rings (SSSR count). The monoisotopic (exact) mass is 1130 g/mol. The van der Waals surface area contributed by atoms with Crippen LogP contribution >= 0.6 is 0 Å². The summed E-state index contributed by atoms with van der Waals surface area (Å²) >= 11 is 0. The predicted molar refractivity (Wildman–Crippen MR) is 337 cm³/mol. The van der Waals surface area contributed by atoms with Gasteiger partial charge >= 0.3 is 5.97 Å². The summed E-state index contributed by atoms with van der Waals surface area (Å²) in [6.45, 7) is 5.50. The summed E-state index contributed by atoms with van der Waals surface area (Å²) in [4.78, 5) is 26.6. The highest BCUT2D eigenvalue weighted by Gasteiger charge is 2.47. The lowest BCUT2D eigenvalue weighted by molar-refractivity contribution is -0.305. The van der Waals surface area contributed by atoms with E-state index in [9.17, 15) is 35.1 Å². The zero-order valence-corrected chi connectivity index (χ0v) is 50.8. The molecule has 1 fully saturated rings. The van der Waals surface area contributed by atoms with Crippen molar-refractivity contribution >= 4 is 11.9 Å². The van der Waals surface area contributed by atoms with Crippen molar-refractivity contribution in [3.8, 4) is 0 Å². The second-order valence-electron chi connectivity index (χ2n) is 21.5. The maximum Gasteiger partial charge on any atom is 0.306 e. The van der Waals surface area contributed by atoms with Gasteiger partial charge in [-0.05, 0) is 96.3 Å². The molecule has 1 aliphatic rings. The van der Waals surface area contributed by atoms with Crippen LogP contribution < -0.4 is 5.32 Å². The first-order chi connectivity index (χ1) is 39.7. The Balaban J connectivity index is 2.69. The molecule has 1 saturated heterocycles. The molecular weight excluding hydrogens is 1010 g/mol. The first-order valence-corrected chi connectivity index (χ1v) is 32.0. The van der Waals surface area contributed by atoms with Gasteiger partial charge in [0.15, 0.2) is 12.4 Å². The van der Waals surface area contributed by atoms with Gasteiger partial charge in [0, 0.05) is 6.42 Å². The van der Waals surface area contributed by atoms with Crippen molar-refractivity contribution in [2.45, 2.75) is 282 Å². The molecule has 0 spiro atoms. The van der Waals surface area contributed by atoms with Crippen molar-refractivity contribution in [3.63, 3.8) is 0 Å². The SMILES string of the molecule is CC/C=C\C/C=C\C/C=C\C/C=C\C/C=C\C/C=C\CCCCCCCC(O)C(=O)NC(COC1OC(CO)C(O)C(O)C1OC(=O)CCCCCCC\C=C/C=C/C=C/C=C/CC)C(O)/C=C/CCCCCCCCCCCCC. The summed E-state index contributed by atoms with van der Waals surface area (Å²) in [5.41, 5.74) is 0. The van der Waals surface area contributed by atoms with Gasteiger partial charge in [-0.1, -0.05) is 264 Å². The number of aliphatic hydroxyl groups excluding tert-OH is 5. The van der Waals surface area contributed by atoms with Crippen LogP contribution in [0, 0.1) is 0 Å². The smallest absolute Gasteiger partial charge is 0.306 e. The normalized spacial score (nSPS) is 19.6. The summed E-state index contributed by atoms with van der Waals surface area (Å²) in [6, 6.07) is -1.05. The van der Waals surface area contributed by atoms with Gasteiger partial charge in [-0.2, -0.15) is 0 Å². The standard InChI is InChI=1S/C70H115NO10/c1-4-7-10-13-16-19-22-25-27-28-29-30-31-32-33-34-35-37-39-42-45-48-51-54-57-63(74)69(78)71-61(62(73)56-53-50-47-44-41-38-24-21-18-15-12-9-6-3)60-79-70-68(67(77)66(76)64(59-72)80-70)81-65(75)58-55-52-49-46-43-40-36-26-23-20-17-14-11-8-5-2/h7-8,10-11,14,16-17,19-20,23,25-27,29-30,32-33,35-37,53,56,61-64,66-68,70,72-74,76-77H,4-6,9,12-13,15,18,21-22,24,28,31,34,38-52,54-55,57-60H2,1-3H3,(H,71,78)/b10-7-,11-8+,17-14+,19-16-,23-20+,27-25-,30-29-,33-32-,36-26-,37-35-,56-53+. The van der Waals surface area contributed by atoms with E-state index in [-0.39, 0.29) is 19.4 Å². The van der Waals surface area contributed by atoms with Crippen LogP contribution in [0.5, 0.6) is 0 Å². The molecular formula is C70H115NO10. The lowest BCUT2D eigenvalue weighted by atomic mass is 9.99. The van der Waals surface area contributed by atoms with Gasteiger partial charge < -0.3 is 45.1 Å². The number of esters is 1. The van der Waals surface area contributed by atoms with Crippen LogP contribution in [0.15, 0.2) is 134 Å². The van der Waals surface area contributed by atoms with E-state index in [1.807, 2.05) is 42.5 Å². The van der Waals surface area contributed by atoms with E-state index in [1.54, 1.807) is 6.08 Å². The minimum absolute atomic E-state index is 0.0879. The Kier molecular flexibility index (Phi) is 52.0. The van der Waals surface area contributed by atoms with Gasteiger partial charge in [-0.3, -0.25) is 9.59 Å². The van der Waals surface area contributed by atoms with Crippen LogP contribution in [0.4, 0.5) is 0 Å². The van der Waals surface area contributed by atoms with Gasteiger partial charge in [0.05, 0.1) is 25.4 Å². The zero-order valence-electron chi connectivity index (χ0n) is 50.8. The van der Waals surface area contributed by atoms with Crippen molar-refractivity contribution in [1.82, 2.24) is 5.32 Å². The Morgan fingerprint density at radius 1 is 0.506 bits per heavy atom. The Bertz CT molecular complexity index is 1830. The summed E-state index contributed by atoms with van der Waals surface area (Å²) < 4.78 is 17.6. The number of carbonyl (C=O) groups excluding carboxylic acids is 2. The van der Waals surface area contributed by atoms with Crippen molar-refractivity contribution < 1.29 is 49.3 Å². The lowest BCUT2D eigenvalue weighted by Gasteiger charge is -2.41. The number of ether oxygens (including phenoxy) is 3. The van der Waals surface area contributed by atoms with Crippen molar-refractivity contribution in [3.05, 3.63) is 134 Å². The van der Waals surface area contributed by atoms with Gasteiger partial charge in [-0.25, -0.2) is 0 Å². The molecule has 460 valence electrons. The van der Waals surface area contributed by atoms with Gasteiger partial charge in [0.1, 0.15) is 24.4 Å². The molecule has 0 aliphatic carbocycles. The highest BCUT2D eigenvalue weighted by atomic mass is 16.7. The molecule has 0 bridgehead atoms. The van der Waals surface area contributed by atoms with Crippen LogP contribution in [0.1, 0.15) is 233 Å². The highest BCUT2D eigenvalue weighted by Crippen LogP contribution is 2.26. The Hall–Kier alpha value is -4.20. The quantitative estimate of drug-likeness (QED) is 0.0149. The molecule has 11 heteroatoms. The molecule has 6 N–H and O–H groups in total. The average Bonchev–Trinajstić information content (AvgIpc) is 3.46. The molecule has 11 nitrogen and oxygen atoms in total. The molecule has 81 heavy (non-hydrogen) atoms. The fourth-order valence-electron chi connectivity index (χ4n) is 9.13. The fraction of sp³-hybridized carbons (Fsp3) is 0.657. The van der Waals surface area contributed by atoms with Crippen LogP contribution in [-0.4, -0.2) is 99.6 Å². The summed E-state index contributed by atoms with van der Waals surface area (Å²) in [7, 11) is 0. The molecule has 8 atom stereocenters. The average molecular weight is 1130 g/mol. The molecule has 0 saturated carbocycles. The first-order valence-electron chi connectivity index (χ1n) is 32.0. The van der Waals surface area contributed by atoms with Crippen LogP contribution in [-0.2, 0) is 23.8 Å². The molecule has 1 amide bonds. The van der Waals surface area contributed by atoms with Crippen molar-refractivity contribution in [1.29, 1.82) is 0 Å². The van der Waals surface area contributed by atoms with E-state index in [1.165, 1.54) is 51.4 Å². The summed E-state index contributed by atoms with van der Waals surface area (Å²) in [6.07, 6.45) is 69.1. The molecule has 0 radical (unpaired) electrons. The van der Waals surface area contributed by atoms with E-state index in [0.29, 0.717) is 12.8 Å². The van der Waals surface area contributed by atoms with Crippen molar-refractivity contribution in [2.75, 3.05) is 13.2 Å². The number of unbranched alkanes of at least 4 members (excludes halogenated alkanes) is 21. The Morgan fingerprint density at radius 3 is 1.48 bits per heavy atom. The largest absolute Gasteiger partial charge is 0.454 e. The van der Waals surface area contributed by atoms with Crippen LogP contribution in [0.3, 0.4) is 0 Å². The minimum atomic E-state index is -1.64. The highest BCUT2D eigenvalue weighted by molar-refractivity contribution is 5.80. The fourth-order valence-corrected chi connectivity index (χ4v) is 9.13. The van der Waals surface area contributed by atoms with E-state index in [4.69, 9.17) is 14.2 Å². The van der Waals surface area contributed by atoms with E-state index >= 15 is 0 Å². The number of hydrogen-bond acceptors (Lipinski definition) is 10. The number of nitrogens with one attached hydrogen (secondary N) is 1. The summed E-state index contributed by atoms with van der Waals surface area (Å²) in [5, 5.41) is 57.0. The number of hydrogen-bond donors (Lipinski definition) is 6. The van der Waals surface area contributed by atoms with Crippen LogP contribution in [0.25, 0.3) is 0 Å². The second kappa shape index (κ2) is 56.3. The van der Waals surface area contributed by atoms with E-state index in [2.05, 4.69) is 111 Å². The number of carbonyl (C=O) groups is 2. The zero-order chi connectivity index (χ0) is 58.9. The topological polar surface area (TPSA) is 175 Å². The molecule has 0 aromatic carbocycles. The van der Waals surface area contributed by atoms with Crippen molar-refractivity contribution in [2.24, 2.45) is 0 Å². The maximum atomic E-state index is 13.5. The van der Waals surface area contributed by atoms with Gasteiger partial charge in [0.2, 0.25) is 5.91 Å². The molecule has 1 aliphatic heterocycles. The molecule has 8 unspecified atom stereocenters.